The minimum atomic E-state index is -1.04. The number of rotatable bonds is 4. The van der Waals surface area contributed by atoms with Crippen molar-refractivity contribution in [2.45, 2.75) is 13.3 Å². The number of nitrogens with zero attached hydrogens (tertiary/aromatic N) is 2. The predicted octanol–water partition coefficient (Wildman–Crippen LogP) is 2.65. The van der Waals surface area contributed by atoms with Crippen LogP contribution in [0, 0.1) is 6.92 Å². The van der Waals surface area contributed by atoms with Gasteiger partial charge < -0.3 is 10.4 Å². The lowest BCUT2D eigenvalue weighted by molar-refractivity contribution is -0.115. The van der Waals surface area contributed by atoms with Gasteiger partial charge in [0.2, 0.25) is 5.91 Å². The highest BCUT2D eigenvalue weighted by Crippen LogP contribution is 2.27. The van der Waals surface area contributed by atoms with Gasteiger partial charge in [-0.25, -0.2) is 9.78 Å². The number of hydrogen-bond donors (Lipinski definition) is 2. The molecule has 0 saturated carbocycles. The number of thiazole rings is 1. The Hall–Kier alpha value is -2.19. The van der Waals surface area contributed by atoms with Gasteiger partial charge >= 0.3 is 5.97 Å². The molecule has 0 unspecified atom stereocenters. The van der Waals surface area contributed by atoms with E-state index < -0.39 is 5.97 Å². The van der Waals surface area contributed by atoms with Crippen molar-refractivity contribution in [3.05, 3.63) is 40.0 Å². The van der Waals surface area contributed by atoms with Gasteiger partial charge in [-0.2, -0.15) is 0 Å². The molecule has 0 spiro atoms. The largest absolute Gasteiger partial charge is 0.478 e. The number of fused-ring (bicyclic) bond motifs is 1. The molecule has 0 aliphatic rings. The first-order chi connectivity index (χ1) is 10.0. The Balaban J connectivity index is 1.74. The number of thiophene rings is 1. The minimum Gasteiger partial charge on any atom is -0.478 e. The van der Waals surface area contributed by atoms with Crippen LogP contribution in [0.15, 0.2) is 23.8 Å². The lowest BCUT2D eigenvalue weighted by Gasteiger charge is -2.02. The minimum absolute atomic E-state index is 0.115. The van der Waals surface area contributed by atoms with Gasteiger partial charge in [0.1, 0.15) is 5.00 Å². The number of imidazole rings is 1. The normalized spacial score (nSPS) is 10.9. The average molecular weight is 321 g/mol. The second-order valence-electron chi connectivity index (χ2n) is 4.46. The van der Waals surface area contributed by atoms with Gasteiger partial charge in [0.05, 0.1) is 17.7 Å². The first-order valence-corrected chi connectivity index (χ1v) is 7.77. The van der Waals surface area contributed by atoms with Crippen LogP contribution < -0.4 is 5.32 Å². The molecule has 0 aliphatic carbocycles. The van der Waals surface area contributed by atoms with Crippen LogP contribution in [0.4, 0.5) is 5.00 Å². The highest BCUT2D eigenvalue weighted by molar-refractivity contribution is 7.16. The first kappa shape index (κ1) is 13.8. The number of aromatic carboxylic acids is 1. The number of carboxylic acid groups (broad SMARTS) is 1. The van der Waals surface area contributed by atoms with Gasteiger partial charge in [0.15, 0.2) is 4.96 Å². The third-order valence-electron chi connectivity index (χ3n) is 2.82. The molecule has 0 fully saturated rings. The van der Waals surface area contributed by atoms with Crippen LogP contribution in [0.3, 0.4) is 0 Å². The summed E-state index contributed by atoms with van der Waals surface area (Å²) in [6.45, 7) is 1.80. The highest BCUT2D eigenvalue weighted by atomic mass is 32.1. The smallest absolute Gasteiger partial charge is 0.338 e. The molecule has 3 aromatic rings. The van der Waals surface area contributed by atoms with E-state index in [-0.39, 0.29) is 17.9 Å². The topological polar surface area (TPSA) is 83.7 Å². The highest BCUT2D eigenvalue weighted by Gasteiger charge is 2.16. The number of carbonyl (C=O) groups excluding carboxylic acids is 1. The van der Waals surface area contributed by atoms with E-state index >= 15 is 0 Å². The summed E-state index contributed by atoms with van der Waals surface area (Å²) in [5, 5.41) is 14.0. The van der Waals surface area contributed by atoms with Crippen LogP contribution >= 0.6 is 22.7 Å². The number of carboxylic acids is 1. The molecule has 3 aromatic heterocycles. The fraction of sp³-hybridized carbons (Fsp3) is 0.154. The molecule has 3 rings (SSSR count). The monoisotopic (exact) mass is 321 g/mol. The fourth-order valence-electron chi connectivity index (χ4n) is 1.96. The van der Waals surface area contributed by atoms with E-state index in [0.29, 0.717) is 10.7 Å². The molecular formula is C13H11N3O3S2. The number of aryl methyl sites for hydroxylation is 1. The molecule has 8 heteroatoms. The van der Waals surface area contributed by atoms with E-state index in [1.165, 1.54) is 22.7 Å². The molecule has 0 atom stereocenters. The van der Waals surface area contributed by atoms with Crippen molar-refractivity contribution in [1.29, 1.82) is 0 Å². The second kappa shape index (κ2) is 5.30. The van der Waals surface area contributed by atoms with Gasteiger partial charge in [-0.05, 0) is 13.0 Å². The van der Waals surface area contributed by atoms with Crippen molar-refractivity contribution in [2.24, 2.45) is 0 Å². The van der Waals surface area contributed by atoms with Crippen LogP contribution in [0.1, 0.15) is 20.9 Å². The maximum Gasteiger partial charge on any atom is 0.338 e. The fourth-order valence-corrected chi connectivity index (χ4v) is 3.60. The third-order valence-corrected chi connectivity index (χ3v) is 4.56. The quantitative estimate of drug-likeness (QED) is 0.774. The zero-order valence-corrected chi connectivity index (χ0v) is 12.6. The Morgan fingerprint density at radius 3 is 3.00 bits per heavy atom. The molecule has 3 heterocycles. The van der Waals surface area contributed by atoms with Crippen LogP contribution in [-0.2, 0) is 11.2 Å². The second-order valence-corrected chi connectivity index (χ2v) is 6.58. The summed E-state index contributed by atoms with van der Waals surface area (Å²) in [5.74, 6) is -1.32. The van der Waals surface area contributed by atoms with E-state index in [1.807, 2.05) is 16.0 Å². The van der Waals surface area contributed by atoms with Crippen molar-refractivity contribution in [3.8, 4) is 0 Å². The van der Waals surface area contributed by atoms with Gasteiger partial charge in [-0.3, -0.25) is 9.20 Å². The maximum absolute atomic E-state index is 12.0. The van der Waals surface area contributed by atoms with Gasteiger partial charge in [-0.15, -0.1) is 22.7 Å². The van der Waals surface area contributed by atoms with Crippen molar-refractivity contribution in [1.82, 2.24) is 9.38 Å². The number of carbonyl (C=O) groups is 2. The molecule has 0 saturated heterocycles. The summed E-state index contributed by atoms with van der Waals surface area (Å²) in [5.41, 5.74) is 0.779. The Morgan fingerprint density at radius 2 is 2.29 bits per heavy atom. The summed E-state index contributed by atoms with van der Waals surface area (Å²) in [7, 11) is 0. The van der Waals surface area contributed by atoms with Gasteiger partial charge in [0.25, 0.3) is 0 Å². The molecule has 0 aromatic carbocycles. The number of amides is 1. The van der Waals surface area contributed by atoms with Crippen LogP contribution in [0.2, 0.25) is 0 Å². The average Bonchev–Trinajstić information content (AvgIpc) is 3.03. The number of anilines is 1. The lowest BCUT2D eigenvalue weighted by Crippen LogP contribution is -2.15. The van der Waals surface area contributed by atoms with Crippen molar-refractivity contribution in [2.75, 3.05) is 5.32 Å². The van der Waals surface area contributed by atoms with Crippen LogP contribution in [-0.4, -0.2) is 26.4 Å². The summed E-state index contributed by atoms with van der Waals surface area (Å²) >= 11 is 2.75. The molecule has 0 bridgehead atoms. The predicted molar refractivity (Wildman–Crippen MR) is 81.4 cm³/mol. The van der Waals surface area contributed by atoms with Crippen molar-refractivity contribution < 1.29 is 14.7 Å². The van der Waals surface area contributed by atoms with E-state index in [0.717, 1.165) is 9.84 Å². The maximum atomic E-state index is 12.0. The Morgan fingerprint density at radius 1 is 1.48 bits per heavy atom. The van der Waals surface area contributed by atoms with Crippen LogP contribution in [0.5, 0.6) is 0 Å². The molecule has 2 N–H and O–H groups in total. The number of hydrogen-bond acceptors (Lipinski definition) is 5. The lowest BCUT2D eigenvalue weighted by atomic mass is 10.3. The number of nitrogens with one attached hydrogen (secondary N) is 1. The Kier molecular flexibility index (Phi) is 3.48. The van der Waals surface area contributed by atoms with Crippen LogP contribution in [0.25, 0.3) is 4.96 Å². The molecule has 6 nitrogen and oxygen atoms in total. The molecule has 108 valence electrons. The number of aromatic nitrogens is 2. The molecule has 0 aliphatic heterocycles. The van der Waals surface area contributed by atoms with Crippen molar-refractivity contribution in [3.63, 3.8) is 0 Å². The summed E-state index contributed by atoms with van der Waals surface area (Å²) in [6, 6.07) is 1.55. The SMILES string of the molecule is Cc1cc(C(=O)O)c(NC(=O)Cc2cn3ccsc3n2)s1. The van der Waals surface area contributed by atoms with Gasteiger partial charge in [-0.1, -0.05) is 0 Å². The summed E-state index contributed by atoms with van der Waals surface area (Å²) in [6.07, 6.45) is 3.78. The Labute approximate surface area is 127 Å². The molecular weight excluding hydrogens is 310 g/mol. The van der Waals surface area contributed by atoms with E-state index in [2.05, 4.69) is 10.3 Å². The third kappa shape index (κ3) is 2.81. The molecule has 1 amide bonds. The van der Waals surface area contributed by atoms with Gasteiger partial charge in [0, 0.05) is 22.7 Å². The zero-order chi connectivity index (χ0) is 15.0. The zero-order valence-electron chi connectivity index (χ0n) is 11.0. The summed E-state index contributed by atoms with van der Waals surface area (Å²) < 4.78 is 1.85. The summed E-state index contributed by atoms with van der Waals surface area (Å²) in [4.78, 5) is 29.1. The molecule has 0 radical (unpaired) electrons. The van der Waals surface area contributed by atoms with E-state index in [9.17, 15) is 9.59 Å². The molecule has 21 heavy (non-hydrogen) atoms. The standard InChI is InChI=1S/C13H11N3O3S2/c1-7-4-9(12(18)19)11(21-7)15-10(17)5-8-6-16-2-3-20-13(16)14-8/h2-4,6H,5H2,1H3,(H,15,17)(H,18,19). The van der Waals surface area contributed by atoms with Crippen molar-refractivity contribution >= 4 is 44.5 Å². The van der Waals surface area contributed by atoms with E-state index in [1.54, 1.807) is 19.2 Å². The Bertz CT molecular complexity index is 802. The first-order valence-electron chi connectivity index (χ1n) is 6.07. The van der Waals surface area contributed by atoms with E-state index in [4.69, 9.17) is 5.11 Å².